The van der Waals surface area contributed by atoms with E-state index >= 15 is 0 Å². The Bertz CT molecular complexity index is 2410. The topological polar surface area (TPSA) is 130 Å². The second-order valence-electron chi connectivity index (χ2n) is 14.2. The lowest BCUT2D eigenvalue weighted by atomic mass is 9.51. The number of benzene rings is 4. The van der Waals surface area contributed by atoms with Gasteiger partial charge >= 0.3 is 0 Å². The number of anilines is 2. The van der Waals surface area contributed by atoms with Gasteiger partial charge in [-0.15, -0.1) is 0 Å². The first-order valence-electron chi connectivity index (χ1n) is 17.3. The molecule has 1 aromatic heterocycles. The number of allylic oxidation sites excluding steroid dienone is 2. The molecule has 0 unspecified atom stereocenters. The lowest BCUT2D eigenvalue weighted by Gasteiger charge is -2.49. The van der Waals surface area contributed by atoms with Crippen LogP contribution >= 0.6 is 11.6 Å². The number of phenolic OH excluding ortho intramolecular Hbond substituents is 1. The molecular formula is C41H31ClFN3O7. The van der Waals surface area contributed by atoms with Crippen molar-refractivity contribution in [2.45, 2.75) is 25.7 Å². The fraction of sp³-hybridized carbons (Fsp3) is 0.244. The quantitative estimate of drug-likeness (QED) is 0.146. The fourth-order valence-electron chi connectivity index (χ4n) is 9.14. The van der Waals surface area contributed by atoms with E-state index in [0.29, 0.717) is 33.8 Å². The van der Waals surface area contributed by atoms with Crippen LogP contribution in [0.3, 0.4) is 0 Å². The van der Waals surface area contributed by atoms with Crippen LogP contribution < -0.4 is 14.5 Å². The SMILES string of the molecule is COc1cc([C@H]2C3=CC[C@@H]4C(=O)N(c5ccc(-c6nc7ccccc7o6)cc5)C(=O)[C@@H]4[C@@H]3C[C@H]3C(=O)N(c4ccc(F)c(Cl)c4)C(=O)[C@@]23C)ccc1O. The van der Waals surface area contributed by atoms with E-state index in [1.54, 1.807) is 43.3 Å². The van der Waals surface area contributed by atoms with Crippen LogP contribution in [0.1, 0.15) is 31.2 Å². The van der Waals surface area contributed by atoms with E-state index in [1.165, 1.54) is 30.2 Å². The summed E-state index contributed by atoms with van der Waals surface area (Å²) in [5.41, 5.74) is 2.60. The summed E-state index contributed by atoms with van der Waals surface area (Å²) in [6, 6.07) is 22.8. The normalized spacial score (nSPS) is 26.5. The highest BCUT2D eigenvalue weighted by Gasteiger charge is 2.67. The number of carbonyl (C=O) groups is 4. The predicted molar refractivity (Wildman–Crippen MR) is 193 cm³/mol. The van der Waals surface area contributed by atoms with Gasteiger partial charge in [-0.2, -0.15) is 0 Å². The number of rotatable bonds is 5. The minimum atomic E-state index is -1.35. The largest absolute Gasteiger partial charge is 0.504 e. The predicted octanol–water partition coefficient (Wildman–Crippen LogP) is 7.44. The Morgan fingerprint density at radius 1 is 0.906 bits per heavy atom. The van der Waals surface area contributed by atoms with Crippen molar-refractivity contribution in [1.29, 1.82) is 0 Å². The lowest BCUT2D eigenvalue weighted by molar-refractivity contribution is -0.131. The summed E-state index contributed by atoms with van der Waals surface area (Å²) in [5, 5.41) is 10.2. The van der Waals surface area contributed by atoms with Crippen LogP contribution in [0.15, 0.2) is 101 Å². The summed E-state index contributed by atoms with van der Waals surface area (Å²) in [6.45, 7) is 1.74. The molecule has 10 nitrogen and oxygen atoms in total. The number of hydrogen-bond acceptors (Lipinski definition) is 8. The minimum absolute atomic E-state index is 0.103. The first-order chi connectivity index (χ1) is 25.5. The van der Waals surface area contributed by atoms with Gasteiger partial charge in [-0.3, -0.25) is 24.1 Å². The first-order valence-corrected chi connectivity index (χ1v) is 17.6. The van der Waals surface area contributed by atoms with Gasteiger partial charge in [0.25, 0.3) is 0 Å². The molecule has 2 aliphatic carbocycles. The highest BCUT2D eigenvalue weighted by molar-refractivity contribution is 6.32. The molecule has 3 heterocycles. The van der Waals surface area contributed by atoms with E-state index < -0.39 is 52.6 Å². The van der Waals surface area contributed by atoms with Gasteiger partial charge in [-0.05, 0) is 98.0 Å². The molecule has 6 atom stereocenters. The van der Waals surface area contributed by atoms with E-state index in [2.05, 4.69) is 4.98 Å². The van der Waals surface area contributed by atoms with E-state index in [-0.39, 0.29) is 46.9 Å². The number of halogens is 2. The van der Waals surface area contributed by atoms with Gasteiger partial charge in [0.15, 0.2) is 17.1 Å². The van der Waals surface area contributed by atoms with Crippen molar-refractivity contribution in [2.75, 3.05) is 16.9 Å². The maximum Gasteiger partial charge on any atom is 0.241 e. The third-order valence-corrected chi connectivity index (χ3v) is 11.9. The molecule has 3 fully saturated rings. The van der Waals surface area contributed by atoms with Crippen molar-refractivity contribution in [1.82, 2.24) is 4.98 Å². The minimum Gasteiger partial charge on any atom is -0.504 e. The van der Waals surface area contributed by atoms with Crippen molar-refractivity contribution in [3.8, 4) is 23.0 Å². The molecule has 4 aliphatic rings. The molecule has 1 saturated carbocycles. The van der Waals surface area contributed by atoms with Gasteiger partial charge in [0.2, 0.25) is 29.5 Å². The summed E-state index contributed by atoms with van der Waals surface area (Å²) in [7, 11) is 1.42. The third-order valence-electron chi connectivity index (χ3n) is 11.6. The van der Waals surface area contributed by atoms with Crippen LogP contribution in [-0.4, -0.2) is 40.8 Å². The number of imide groups is 2. The van der Waals surface area contributed by atoms with Gasteiger partial charge in [0.1, 0.15) is 11.3 Å². The lowest BCUT2D eigenvalue weighted by Crippen LogP contribution is -2.48. The summed E-state index contributed by atoms with van der Waals surface area (Å²) in [4.78, 5) is 64.5. The molecule has 0 bridgehead atoms. The van der Waals surface area contributed by atoms with Crippen molar-refractivity contribution in [3.63, 3.8) is 0 Å². The molecular weight excluding hydrogens is 701 g/mol. The molecule has 1 N–H and O–H groups in total. The molecule has 2 saturated heterocycles. The molecule has 4 aromatic carbocycles. The fourth-order valence-corrected chi connectivity index (χ4v) is 9.32. The van der Waals surface area contributed by atoms with Crippen LogP contribution in [-0.2, 0) is 19.2 Å². The third kappa shape index (κ3) is 4.72. The molecule has 0 radical (unpaired) electrons. The standard InChI is InChI=1S/C41H31ClFN3O7/c1-41-27(38(49)46(40(41)51)23-12-15-29(43)28(42)18-23)19-26-24(35(41)21-9-16-31(47)33(17-21)52-2)13-14-25-34(26)39(50)45(37(25)48)22-10-7-20(8-11-22)36-44-30-5-3-4-6-32(30)53-36/h3-13,15-18,25-27,34-35,47H,14,19H2,1-2H3/t25-,26+,27-,34-,35-,41+/m0/s1. The van der Waals surface area contributed by atoms with E-state index in [9.17, 15) is 28.7 Å². The van der Waals surface area contributed by atoms with Crippen molar-refractivity contribution in [2.24, 2.45) is 29.1 Å². The highest BCUT2D eigenvalue weighted by atomic mass is 35.5. The number of amides is 4. The second-order valence-corrected chi connectivity index (χ2v) is 14.6. The Kier molecular flexibility index (Phi) is 7.40. The van der Waals surface area contributed by atoms with Crippen LogP contribution in [0.5, 0.6) is 11.5 Å². The average molecular weight is 732 g/mol. The van der Waals surface area contributed by atoms with Crippen LogP contribution in [0.25, 0.3) is 22.6 Å². The van der Waals surface area contributed by atoms with E-state index in [1.807, 2.05) is 30.3 Å². The number of para-hydroxylation sites is 2. The molecule has 4 amide bonds. The Hall–Kier alpha value is -5.81. The molecule has 2 aliphatic heterocycles. The number of nitrogens with zero attached hydrogens (tertiary/aromatic N) is 3. The van der Waals surface area contributed by atoms with E-state index in [4.69, 9.17) is 20.8 Å². The molecule has 266 valence electrons. The number of hydrogen-bond donors (Lipinski definition) is 1. The number of aromatic nitrogens is 1. The number of aromatic hydroxyl groups is 1. The zero-order valence-electron chi connectivity index (χ0n) is 28.5. The zero-order chi connectivity index (χ0) is 36.9. The van der Waals surface area contributed by atoms with Gasteiger partial charge in [0.05, 0.1) is 46.7 Å². The second kappa shape index (κ2) is 11.9. The number of phenols is 1. The van der Waals surface area contributed by atoms with Gasteiger partial charge in [-0.25, -0.2) is 14.3 Å². The summed E-state index contributed by atoms with van der Waals surface area (Å²) in [5.74, 6) is -5.58. The number of carbonyl (C=O) groups excluding carboxylic acids is 4. The molecule has 53 heavy (non-hydrogen) atoms. The Morgan fingerprint density at radius 3 is 2.40 bits per heavy atom. The van der Waals surface area contributed by atoms with Crippen molar-refractivity contribution < 1.29 is 37.8 Å². The number of methoxy groups -OCH3 is 1. The maximum atomic E-state index is 14.6. The number of ether oxygens (including phenoxy) is 1. The monoisotopic (exact) mass is 731 g/mol. The van der Waals surface area contributed by atoms with Gasteiger partial charge in [0, 0.05) is 11.5 Å². The Morgan fingerprint density at radius 2 is 1.66 bits per heavy atom. The van der Waals surface area contributed by atoms with Gasteiger partial charge in [-0.1, -0.05) is 41.4 Å². The first kappa shape index (κ1) is 33.1. The highest BCUT2D eigenvalue weighted by Crippen LogP contribution is 2.64. The summed E-state index contributed by atoms with van der Waals surface area (Å²) >= 11 is 6.11. The summed E-state index contributed by atoms with van der Waals surface area (Å²) in [6.07, 6.45) is 2.33. The zero-order valence-corrected chi connectivity index (χ0v) is 29.2. The van der Waals surface area contributed by atoms with Gasteiger partial charge < -0.3 is 14.3 Å². The Labute approximate surface area is 307 Å². The van der Waals surface area contributed by atoms with Crippen molar-refractivity contribution in [3.05, 3.63) is 113 Å². The maximum absolute atomic E-state index is 14.6. The van der Waals surface area contributed by atoms with Crippen LogP contribution in [0.2, 0.25) is 5.02 Å². The molecule has 5 aromatic rings. The van der Waals surface area contributed by atoms with Crippen LogP contribution in [0, 0.1) is 34.9 Å². The van der Waals surface area contributed by atoms with E-state index in [0.717, 1.165) is 16.5 Å². The molecule has 9 rings (SSSR count). The van der Waals surface area contributed by atoms with Crippen LogP contribution in [0.4, 0.5) is 15.8 Å². The Balaban J connectivity index is 1.11. The number of fused-ring (bicyclic) bond motifs is 5. The summed E-state index contributed by atoms with van der Waals surface area (Å²) < 4.78 is 25.5. The molecule has 0 spiro atoms. The number of oxazole rings is 1. The average Bonchev–Trinajstić information content (AvgIpc) is 3.77. The smallest absolute Gasteiger partial charge is 0.241 e. The van der Waals surface area contributed by atoms with Crippen molar-refractivity contribution >= 4 is 57.7 Å². The molecule has 12 heteroatoms.